The van der Waals surface area contributed by atoms with Crippen molar-refractivity contribution in [3.05, 3.63) is 22.1 Å². The predicted molar refractivity (Wildman–Crippen MR) is 67.5 cm³/mol. The number of nitrogens with one attached hydrogen (secondary N) is 1. The Balaban J connectivity index is 2.78. The number of hydrogen-bond acceptors (Lipinski definition) is 5. The van der Waals surface area contributed by atoms with Crippen LogP contribution in [0.3, 0.4) is 0 Å². The van der Waals surface area contributed by atoms with E-state index in [-0.39, 0.29) is 11.9 Å². The number of nitro groups is 1. The van der Waals surface area contributed by atoms with E-state index in [1.54, 1.807) is 18.7 Å². The molecule has 0 saturated carbocycles. The molecule has 0 aliphatic rings. The van der Waals surface area contributed by atoms with Gasteiger partial charge in [0.25, 0.3) is 0 Å². The Morgan fingerprint density at radius 2 is 2.39 bits per heavy atom. The molecule has 0 spiro atoms. The van der Waals surface area contributed by atoms with E-state index >= 15 is 0 Å². The fraction of sp³-hybridized carbons (Fsp3) is 0.727. The maximum absolute atomic E-state index is 10.9. The van der Waals surface area contributed by atoms with Crippen molar-refractivity contribution in [2.75, 3.05) is 20.3 Å². The summed E-state index contributed by atoms with van der Waals surface area (Å²) in [6.07, 6.45) is 3.01. The number of ether oxygens (including phenoxy) is 1. The van der Waals surface area contributed by atoms with E-state index in [0.29, 0.717) is 18.7 Å². The zero-order chi connectivity index (χ0) is 13.5. The van der Waals surface area contributed by atoms with Crippen LogP contribution in [0.15, 0.2) is 6.33 Å². The largest absolute Gasteiger partial charge is 0.384 e. The lowest BCUT2D eigenvalue weighted by Gasteiger charge is -2.17. The first-order chi connectivity index (χ1) is 8.60. The highest BCUT2D eigenvalue weighted by molar-refractivity contribution is 5.27. The van der Waals surface area contributed by atoms with Crippen molar-refractivity contribution in [1.82, 2.24) is 14.9 Å². The second-order valence-electron chi connectivity index (χ2n) is 4.19. The molecule has 1 aromatic rings. The summed E-state index contributed by atoms with van der Waals surface area (Å²) < 4.78 is 6.82. The van der Waals surface area contributed by atoms with E-state index in [2.05, 4.69) is 17.2 Å². The van der Waals surface area contributed by atoms with E-state index in [0.717, 1.165) is 13.0 Å². The molecule has 7 nitrogen and oxygen atoms in total. The van der Waals surface area contributed by atoms with Crippen LogP contribution in [0, 0.1) is 10.1 Å². The van der Waals surface area contributed by atoms with Crippen molar-refractivity contribution < 1.29 is 9.66 Å². The van der Waals surface area contributed by atoms with Gasteiger partial charge in [-0.25, -0.2) is 0 Å². The molecule has 102 valence electrons. The Morgan fingerprint density at radius 3 is 2.94 bits per heavy atom. The normalized spacial score (nSPS) is 12.6. The smallest absolute Gasteiger partial charge is 0.383 e. The highest BCUT2D eigenvalue weighted by Crippen LogP contribution is 2.17. The molecule has 1 aromatic heterocycles. The molecule has 0 radical (unpaired) electrons. The summed E-state index contributed by atoms with van der Waals surface area (Å²) in [4.78, 5) is 14.2. The van der Waals surface area contributed by atoms with Crippen LogP contribution in [0.25, 0.3) is 0 Å². The molecule has 0 saturated heterocycles. The van der Waals surface area contributed by atoms with Gasteiger partial charge >= 0.3 is 5.82 Å². The molecular weight excluding hydrogens is 236 g/mol. The second-order valence-corrected chi connectivity index (χ2v) is 4.19. The Hall–Kier alpha value is -1.47. The summed E-state index contributed by atoms with van der Waals surface area (Å²) in [7, 11) is 3.39. The van der Waals surface area contributed by atoms with Gasteiger partial charge in [0.05, 0.1) is 6.61 Å². The maximum Gasteiger partial charge on any atom is 0.384 e. The van der Waals surface area contributed by atoms with E-state index < -0.39 is 4.92 Å². The zero-order valence-electron chi connectivity index (χ0n) is 11.0. The van der Waals surface area contributed by atoms with E-state index in [1.165, 1.54) is 6.33 Å². The Labute approximate surface area is 106 Å². The van der Waals surface area contributed by atoms with Crippen molar-refractivity contribution in [3.63, 3.8) is 0 Å². The molecule has 18 heavy (non-hydrogen) atoms. The molecule has 1 unspecified atom stereocenters. The second kappa shape index (κ2) is 7.07. The topological polar surface area (TPSA) is 82.2 Å². The lowest BCUT2D eigenvalue weighted by Crippen LogP contribution is -2.36. The van der Waals surface area contributed by atoms with Gasteiger partial charge in [0.15, 0.2) is 0 Å². The zero-order valence-corrected chi connectivity index (χ0v) is 11.0. The molecule has 0 aliphatic carbocycles. The van der Waals surface area contributed by atoms with Crippen molar-refractivity contribution in [1.29, 1.82) is 0 Å². The van der Waals surface area contributed by atoms with E-state index in [1.807, 2.05) is 0 Å². The van der Waals surface area contributed by atoms with Gasteiger partial charge in [-0.15, -0.1) is 0 Å². The predicted octanol–water partition coefficient (Wildman–Crippen LogP) is 0.885. The Kier molecular flexibility index (Phi) is 5.73. The summed E-state index contributed by atoms with van der Waals surface area (Å²) in [5.41, 5.74) is 0.616. The Bertz CT molecular complexity index is 392. The van der Waals surface area contributed by atoms with Crippen LogP contribution >= 0.6 is 0 Å². The van der Waals surface area contributed by atoms with Crippen LogP contribution in [0.5, 0.6) is 0 Å². The minimum Gasteiger partial charge on any atom is -0.383 e. The Morgan fingerprint density at radius 1 is 1.67 bits per heavy atom. The average molecular weight is 256 g/mol. The van der Waals surface area contributed by atoms with Gasteiger partial charge < -0.3 is 24.7 Å². The summed E-state index contributed by atoms with van der Waals surface area (Å²) in [5, 5.41) is 14.2. The van der Waals surface area contributed by atoms with Gasteiger partial charge in [-0.3, -0.25) is 0 Å². The van der Waals surface area contributed by atoms with Gasteiger partial charge in [-0.1, -0.05) is 6.92 Å². The molecule has 1 rings (SSSR count). The van der Waals surface area contributed by atoms with Crippen molar-refractivity contribution in [2.24, 2.45) is 7.05 Å². The number of methoxy groups -OCH3 is 1. The monoisotopic (exact) mass is 256 g/mol. The quantitative estimate of drug-likeness (QED) is 0.551. The SMILES string of the molecule is CCCNC(COC)Cc1c([N+](=O)[O-])ncn1C. The summed E-state index contributed by atoms with van der Waals surface area (Å²) in [5.74, 6) is -0.0723. The third kappa shape index (κ3) is 3.78. The molecular formula is C11H20N4O3. The number of nitrogens with zero attached hydrogens (tertiary/aromatic N) is 3. The summed E-state index contributed by atoms with van der Waals surface area (Å²) in [6, 6.07) is 0.0593. The fourth-order valence-electron chi connectivity index (χ4n) is 1.80. The van der Waals surface area contributed by atoms with Crippen LogP contribution in [0.1, 0.15) is 19.0 Å². The first kappa shape index (κ1) is 14.6. The molecule has 0 aliphatic heterocycles. The highest BCUT2D eigenvalue weighted by atomic mass is 16.6. The molecule has 1 N–H and O–H groups in total. The number of aromatic nitrogens is 2. The third-order valence-electron chi connectivity index (χ3n) is 2.70. The number of aryl methyl sites for hydroxylation is 1. The maximum atomic E-state index is 10.9. The minimum absolute atomic E-state index is 0.0593. The van der Waals surface area contributed by atoms with Gasteiger partial charge in [0, 0.05) is 26.6 Å². The number of imidazole rings is 1. The van der Waals surface area contributed by atoms with Gasteiger partial charge in [0.2, 0.25) is 6.33 Å². The third-order valence-corrected chi connectivity index (χ3v) is 2.70. The number of hydrogen-bond donors (Lipinski definition) is 1. The van der Waals surface area contributed by atoms with Crippen LogP contribution in [0.4, 0.5) is 5.82 Å². The minimum atomic E-state index is -0.445. The van der Waals surface area contributed by atoms with Crippen LogP contribution in [0.2, 0.25) is 0 Å². The van der Waals surface area contributed by atoms with E-state index in [9.17, 15) is 10.1 Å². The highest BCUT2D eigenvalue weighted by Gasteiger charge is 2.22. The molecule has 0 amide bonds. The summed E-state index contributed by atoms with van der Waals surface area (Å²) >= 11 is 0. The van der Waals surface area contributed by atoms with Crippen LogP contribution in [-0.4, -0.2) is 40.8 Å². The molecule has 0 aromatic carbocycles. The molecule has 0 fully saturated rings. The summed E-state index contributed by atoms with van der Waals surface area (Å²) in [6.45, 7) is 3.45. The van der Waals surface area contributed by atoms with Gasteiger partial charge in [-0.05, 0) is 22.9 Å². The number of rotatable bonds is 8. The van der Waals surface area contributed by atoms with Gasteiger partial charge in [0.1, 0.15) is 5.69 Å². The van der Waals surface area contributed by atoms with Gasteiger partial charge in [-0.2, -0.15) is 0 Å². The standard InChI is InChI=1S/C11H20N4O3/c1-4-5-12-9(7-18-3)6-10-11(15(16)17)13-8-14(10)2/h8-9,12H,4-7H2,1-3H3. The molecule has 1 atom stereocenters. The molecule has 0 bridgehead atoms. The van der Waals surface area contributed by atoms with Crippen LogP contribution in [-0.2, 0) is 18.2 Å². The first-order valence-electron chi connectivity index (χ1n) is 5.97. The van der Waals surface area contributed by atoms with Crippen LogP contribution < -0.4 is 5.32 Å². The van der Waals surface area contributed by atoms with Crippen molar-refractivity contribution in [2.45, 2.75) is 25.8 Å². The van der Waals surface area contributed by atoms with E-state index in [4.69, 9.17) is 4.74 Å². The molecule has 1 heterocycles. The molecule has 7 heteroatoms. The average Bonchev–Trinajstić information content (AvgIpc) is 2.68. The van der Waals surface area contributed by atoms with Crippen molar-refractivity contribution in [3.8, 4) is 0 Å². The fourth-order valence-corrected chi connectivity index (χ4v) is 1.80. The first-order valence-corrected chi connectivity index (χ1v) is 5.97. The lowest BCUT2D eigenvalue weighted by molar-refractivity contribution is -0.390. The van der Waals surface area contributed by atoms with Crippen molar-refractivity contribution >= 4 is 5.82 Å². The lowest BCUT2D eigenvalue weighted by atomic mass is 10.1.